The lowest BCUT2D eigenvalue weighted by atomic mass is 10.1. The van der Waals surface area contributed by atoms with Gasteiger partial charge in [0.25, 0.3) is 10.1 Å². The maximum Gasteiger partial charge on any atom is 0.296 e. The molecule has 5 nitrogen and oxygen atoms in total. The van der Waals surface area contributed by atoms with Crippen molar-refractivity contribution in [2.45, 2.75) is 24.5 Å². The van der Waals surface area contributed by atoms with Crippen LogP contribution in [0.5, 0.6) is 0 Å². The van der Waals surface area contributed by atoms with Crippen LogP contribution in [0.1, 0.15) is 18.1 Å². The summed E-state index contributed by atoms with van der Waals surface area (Å²) in [6.07, 6.45) is 0. The van der Waals surface area contributed by atoms with Gasteiger partial charge in [0.05, 0.1) is 17.3 Å². The van der Waals surface area contributed by atoms with Crippen molar-refractivity contribution in [3.8, 4) is 0 Å². The Kier molecular flexibility index (Phi) is 4.67. The first-order chi connectivity index (χ1) is 7.86. The van der Waals surface area contributed by atoms with Gasteiger partial charge in [-0.1, -0.05) is 6.07 Å². The third-order valence-electron chi connectivity index (χ3n) is 2.18. The third-order valence-corrected chi connectivity index (χ3v) is 4.16. The molecule has 0 aliphatic rings. The van der Waals surface area contributed by atoms with Gasteiger partial charge < -0.3 is 0 Å². The molecule has 0 radical (unpaired) electrons. The summed E-state index contributed by atoms with van der Waals surface area (Å²) < 4.78 is 49.2. The quantitative estimate of drug-likeness (QED) is 0.637. The lowest BCUT2D eigenvalue weighted by Crippen LogP contribution is -2.07. The Balaban J connectivity index is 3.21. The van der Waals surface area contributed by atoms with Gasteiger partial charge in [-0.25, -0.2) is 8.42 Å². The molecule has 0 saturated heterocycles. The summed E-state index contributed by atoms with van der Waals surface area (Å²) in [4.78, 5) is -0.0169. The molecule has 0 aliphatic carbocycles. The van der Waals surface area contributed by atoms with Crippen molar-refractivity contribution in [3.05, 3.63) is 29.3 Å². The highest BCUT2D eigenvalue weighted by Crippen LogP contribution is 2.18. The Labute approximate surface area is 102 Å². The standard InChI is InChI=1S/C10H14O5S2/c1-3-15-17(13,14)10-5-4-8(2)9(6-10)7-16(11)12/h4-6,16H,3,7H2,1-2H3. The maximum absolute atomic E-state index is 11.6. The van der Waals surface area contributed by atoms with E-state index in [-0.39, 0.29) is 17.3 Å². The SMILES string of the molecule is CCOS(=O)(=O)c1ccc(C)c(C[SH](=O)=O)c1. The second kappa shape index (κ2) is 5.61. The van der Waals surface area contributed by atoms with E-state index >= 15 is 0 Å². The lowest BCUT2D eigenvalue weighted by Gasteiger charge is -2.07. The van der Waals surface area contributed by atoms with E-state index < -0.39 is 20.8 Å². The summed E-state index contributed by atoms with van der Waals surface area (Å²) in [6, 6.07) is 4.31. The maximum atomic E-state index is 11.6. The molecule has 0 bridgehead atoms. The van der Waals surface area contributed by atoms with Crippen LogP contribution < -0.4 is 0 Å². The number of hydrogen-bond acceptors (Lipinski definition) is 5. The Morgan fingerprint density at radius 1 is 1.29 bits per heavy atom. The van der Waals surface area contributed by atoms with Crippen LogP contribution in [-0.2, 0) is 30.8 Å². The Bertz CT molecular complexity index is 564. The van der Waals surface area contributed by atoms with E-state index in [2.05, 4.69) is 4.18 Å². The number of thiol groups is 1. The fraction of sp³-hybridized carbons (Fsp3) is 0.400. The van der Waals surface area contributed by atoms with Crippen LogP contribution in [0.3, 0.4) is 0 Å². The van der Waals surface area contributed by atoms with Gasteiger partial charge in [0.1, 0.15) is 10.7 Å². The molecule has 0 aromatic heterocycles. The van der Waals surface area contributed by atoms with E-state index in [4.69, 9.17) is 0 Å². The minimum Gasteiger partial charge on any atom is -0.267 e. The zero-order valence-corrected chi connectivity index (χ0v) is 11.3. The molecule has 0 heterocycles. The van der Waals surface area contributed by atoms with Crippen LogP contribution in [0.15, 0.2) is 23.1 Å². The van der Waals surface area contributed by atoms with Crippen LogP contribution in [0.4, 0.5) is 0 Å². The molecule has 0 unspecified atom stereocenters. The average Bonchev–Trinajstić information content (AvgIpc) is 2.20. The fourth-order valence-corrected chi connectivity index (χ4v) is 2.92. The van der Waals surface area contributed by atoms with Crippen LogP contribution in [0.2, 0.25) is 0 Å². The topological polar surface area (TPSA) is 77.5 Å². The fourth-order valence-electron chi connectivity index (χ4n) is 1.34. The van der Waals surface area contributed by atoms with Crippen molar-refractivity contribution in [2.24, 2.45) is 0 Å². The first-order valence-electron chi connectivity index (χ1n) is 4.97. The van der Waals surface area contributed by atoms with Crippen molar-refractivity contribution in [2.75, 3.05) is 6.61 Å². The van der Waals surface area contributed by atoms with Gasteiger partial charge >= 0.3 is 0 Å². The van der Waals surface area contributed by atoms with Crippen molar-refractivity contribution < 1.29 is 21.0 Å². The van der Waals surface area contributed by atoms with Crippen molar-refractivity contribution in [1.29, 1.82) is 0 Å². The number of rotatable bonds is 5. The Hall–Kier alpha value is -0.920. The summed E-state index contributed by atoms with van der Waals surface area (Å²) in [5.74, 6) is -0.170. The minimum atomic E-state index is -3.78. The van der Waals surface area contributed by atoms with Gasteiger partial charge in [0.15, 0.2) is 0 Å². The number of hydrogen-bond donors (Lipinski definition) is 1. The molecule has 0 amide bonds. The first kappa shape index (κ1) is 14.1. The van der Waals surface area contributed by atoms with Crippen molar-refractivity contribution in [3.63, 3.8) is 0 Å². The second-order valence-corrected chi connectivity index (χ2v) is 6.04. The first-order valence-corrected chi connectivity index (χ1v) is 7.74. The van der Waals surface area contributed by atoms with E-state index in [0.29, 0.717) is 5.56 Å². The highest BCUT2D eigenvalue weighted by atomic mass is 32.2. The van der Waals surface area contributed by atoms with Crippen molar-refractivity contribution in [1.82, 2.24) is 0 Å². The molecule has 0 saturated carbocycles. The van der Waals surface area contributed by atoms with Gasteiger partial charge in [-0.3, -0.25) is 4.18 Å². The molecule has 7 heteroatoms. The summed E-state index contributed by atoms with van der Waals surface area (Å²) in [5, 5.41) is 0. The zero-order valence-electron chi connectivity index (χ0n) is 9.54. The Morgan fingerprint density at radius 3 is 2.47 bits per heavy atom. The molecule has 0 spiro atoms. The van der Waals surface area contributed by atoms with E-state index in [1.165, 1.54) is 12.1 Å². The smallest absolute Gasteiger partial charge is 0.267 e. The molecule has 1 rings (SSSR count). The van der Waals surface area contributed by atoms with Gasteiger partial charge in [0.2, 0.25) is 0 Å². The molecule has 96 valence electrons. The molecule has 0 aliphatic heterocycles. The molecular formula is C10H14O5S2. The zero-order chi connectivity index (χ0) is 13.1. The molecule has 1 aromatic rings. The molecule has 17 heavy (non-hydrogen) atoms. The Morgan fingerprint density at radius 2 is 1.94 bits per heavy atom. The van der Waals surface area contributed by atoms with E-state index in [9.17, 15) is 16.8 Å². The highest BCUT2D eigenvalue weighted by molar-refractivity contribution is 7.86. The van der Waals surface area contributed by atoms with Gasteiger partial charge in [-0.05, 0) is 37.1 Å². The van der Waals surface area contributed by atoms with Gasteiger partial charge in [-0.2, -0.15) is 8.42 Å². The summed E-state index contributed by atoms with van der Waals surface area (Å²) in [6.45, 7) is 3.34. The number of benzene rings is 1. The molecule has 0 N–H and O–H groups in total. The molecule has 1 aromatic carbocycles. The van der Waals surface area contributed by atoms with Crippen LogP contribution in [0.25, 0.3) is 0 Å². The van der Waals surface area contributed by atoms with Crippen molar-refractivity contribution >= 4 is 20.8 Å². The highest BCUT2D eigenvalue weighted by Gasteiger charge is 2.15. The molecule has 0 atom stereocenters. The van der Waals surface area contributed by atoms with Crippen LogP contribution >= 0.6 is 0 Å². The van der Waals surface area contributed by atoms with E-state index in [1.807, 2.05) is 0 Å². The van der Waals surface area contributed by atoms with Crippen LogP contribution in [-0.4, -0.2) is 23.4 Å². The second-order valence-electron chi connectivity index (χ2n) is 3.44. The predicted octanol–water partition coefficient (Wildman–Crippen LogP) is 0.832. The normalized spacial score (nSPS) is 11.9. The lowest BCUT2D eigenvalue weighted by molar-refractivity contribution is 0.338. The van der Waals surface area contributed by atoms with Gasteiger partial charge in [0, 0.05) is 0 Å². The minimum absolute atomic E-state index is 0.0169. The predicted molar refractivity (Wildman–Crippen MR) is 64.0 cm³/mol. The van der Waals surface area contributed by atoms with Gasteiger partial charge in [-0.15, -0.1) is 0 Å². The number of aryl methyl sites for hydroxylation is 1. The average molecular weight is 278 g/mol. The molecule has 0 fully saturated rings. The summed E-state index contributed by atoms with van der Waals surface area (Å²) in [7, 11) is -6.37. The largest absolute Gasteiger partial charge is 0.296 e. The summed E-state index contributed by atoms with van der Waals surface area (Å²) in [5.41, 5.74) is 1.21. The van der Waals surface area contributed by atoms with E-state index in [0.717, 1.165) is 5.56 Å². The monoisotopic (exact) mass is 278 g/mol. The summed E-state index contributed by atoms with van der Waals surface area (Å²) >= 11 is 0. The van der Waals surface area contributed by atoms with E-state index in [1.54, 1.807) is 19.9 Å². The third kappa shape index (κ3) is 3.79. The molecular weight excluding hydrogens is 264 g/mol. The van der Waals surface area contributed by atoms with Crippen LogP contribution in [0, 0.1) is 6.92 Å².